The molecule has 1 saturated heterocycles. The summed E-state index contributed by atoms with van der Waals surface area (Å²) in [6, 6.07) is 0. The maximum absolute atomic E-state index is 10.3. The smallest absolute Gasteiger partial charge is 0.331 e. The second-order valence-corrected chi connectivity index (χ2v) is 2.68. The van der Waals surface area contributed by atoms with Crippen LogP contribution in [0.25, 0.3) is 0 Å². The van der Waals surface area contributed by atoms with Crippen LogP contribution in [-0.2, 0) is 4.79 Å². The van der Waals surface area contributed by atoms with Crippen molar-refractivity contribution in [1.29, 1.82) is 0 Å². The fraction of sp³-hybridized carbons (Fsp3) is 0.571. The van der Waals surface area contributed by atoms with Crippen LogP contribution < -0.4 is 0 Å². The molecule has 0 atom stereocenters. The van der Waals surface area contributed by atoms with Crippen LogP contribution in [0.5, 0.6) is 0 Å². The highest BCUT2D eigenvalue weighted by molar-refractivity contribution is 5.80. The van der Waals surface area contributed by atoms with Crippen molar-refractivity contribution in [3.05, 3.63) is 11.9 Å². The molecule has 0 amide bonds. The second-order valence-electron chi connectivity index (χ2n) is 2.68. The molecule has 1 N–H and O–H groups in total. The highest BCUT2D eigenvalue weighted by Crippen LogP contribution is 2.12. The maximum atomic E-state index is 10.3. The van der Waals surface area contributed by atoms with Gasteiger partial charge in [-0.15, -0.1) is 0 Å². The summed E-state index contributed by atoms with van der Waals surface area (Å²) in [5.41, 5.74) is 0. The van der Waals surface area contributed by atoms with E-state index >= 15 is 0 Å². The highest BCUT2D eigenvalue weighted by atomic mass is 16.4. The van der Waals surface area contributed by atoms with Gasteiger partial charge in [0, 0.05) is 27.2 Å². The van der Waals surface area contributed by atoms with Gasteiger partial charge in [-0.2, -0.15) is 0 Å². The van der Waals surface area contributed by atoms with Gasteiger partial charge in [-0.05, 0) is 0 Å². The molecule has 62 valence electrons. The Morgan fingerprint density at radius 3 is 2.27 bits per heavy atom. The van der Waals surface area contributed by atoms with E-state index in [1.54, 1.807) is 0 Å². The Balaban J connectivity index is 2.75. The summed E-state index contributed by atoms with van der Waals surface area (Å²) in [7, 11) is 3.77. The van der Waals surface area contributed by atoms with Crippen molar-refractivity contribution in [2.24, 2.45) is 0 Å². The van der Waals surface area contributed by atoms with E-state index in [9.17, 15) is 4.79 Å². The molecule has 1 aliphatic rings. The Hall–Kier alpha value is -1.19. The first kappa shape index (κ1) is 7.91. The number of carboxylic acid groups (broad SMARTS) is 1. The van der Waals surface area contributed by atoms with E-state index in [1.807, 2.05) is 23.9 Å². The van der Waals surface area contributed by atoms with Gasteiger partial charge in [-0.1, -0.05) is 0 Å². The zero-order chi connectivity index (χ0) is 8.43. The van der Waals surface area contributed by atoms with Crippen molar-refractivity contribution in [3.63, 3.8) is 0 Å². The van der Waals surface area contributed by atoms with E-state index in [0.717, 1.165) is 18.9 Å². The molecule has 0 bridgehead atoms. The predicted molar refractivity (Wildman–Crippen MR) is 41.0 cm³/mol. The molecule has 1 fully saturated rings. The van der Waals surface area contributed by atoms with E-state index in [2.05, 4.69) is 0 Å². The first-order chi connectivity index (χ1) is 5.11. The summed E-state index contributed by atoms with van der Waals surface area (Å²) in [6.07, 6.45) is 1.23. The average molecular weight is 156 g/mol. The van der Waals surface area contributed by atoms with Gasteiger partial charge in [-0.3, -0.25) is 0 Å². The van der Waals surface area contributed by atoms with Gasteiger partial charge in [0.1, 0.15) is 5.82 Å². The average Bonchev–Trinajstić information content (AvgIpc) is 2.18. The van der Waals surface area contributed by atoms with E-state index in [1.165, 1.54) is 6.08 Å². The molecular formula is C7H12N2O2. The van der Waals surface area contributed by atoms with Crippen molar-refractivity contribution in [2.45, 2.75) is 0 Å². The Labute approximate surface area is 65.7 Å². The lowest BCUT2D eigenvalue weighted by Crippen LogP contribution is -2.17. The van der Waals surface area contributed by atoms with Crippen LogP contribution in [0.1, 0.15) is 0 Å². The van der Waals surface area contributed by atoms with Crippen molar-refractivity contribution in [1.82, 2.24) is 9.80 Å². The molecule has 1 rings (SSSR count). The Morgan fingerprint density at radius 2 is 1.91 bits per heavy atom. The second kappa shape index (κ2) is 2.82. The van der Waals surface area contributed by atoms with Crippen molar-refractivity contribution in [2.75, 3.05) is 27.2 Å². The van der Waals surface area contributed by atoms with Crippen LogP contribution in [-0.4, -0.2) is 48.1 Å². The van der Waals surface area contributed by atoms with Crippen molar-refractivity contribution >= 4 is 5.97 Å². The third-order valence-electron chi connectivity index (χ3n) is 1.81. The summed E-state index contributed by atoms with van der Waals surface area (Å²) >= 11 is 0. The Kier molecular flexibility index (Phi) is 2.03. The Morgan fingerprint density at radius 1 is 1.45 bits per heavy atom. The summed E-state index contributed by atoms with van der Waals surface area (Å²) in [5, 5.41) is 8.48. The highest BCUT2D eigenvalue weighted by Gasteiger charge is 2.18. The van der Waals surface area contributed by atoms with Crippen LogP contribution >= 0.6 is 0 Å². The molecule has 4 heteroatoms. The standard InChI is InChI=1S/C7H12N2O2/c1-8-3-4-9(2)6(8)5-7(10)11/h5H,3-4H2,1-2H3,(H,10,11). The zero-order valence-corrected chi connectivity index (χ0v) is 6.74. The predicted octanol–water partition coefficient (Wildman–Crippen LogP) is -0.210. The molecule has 0 aromatic carbocycles. The lowest BCUT2D eigenvalue weighted by atomic mass is 10.5. The molecule has 0 unspecified atom stereocenters. The summed E-state index contributed by atoms with van der Waals surface area (Å²) < 4.78 is 0. The first-order valence-electron chi connectivity index (χ1n) is 3.48. The molecule has 0 aromatic heterocycles. The van der Waals surface area contributed by atoms with Crippen LogP contribution in [0.3, 0.4) is 0 Å². The molecule has 0 aliphatic carbocycles. The van der Waals surface area contributed by atoms with Gasteiger partial charge in [0.15, 0.2) is 0 Å². The minimum Gasteiger partial charge on any atom is -0.478 e. The maximum Gasteiger partial charge on any atom is 0.331 e. The minimum atomic E-state index is -0.888. The third-order valence-corrected chi connectivity index (χ3v) is 1.81. The number of likely N-dealkylation sites (N-methyl/N-ethyl adjacent to an activating group) is 2. The van der Waals surface area contributed by atoms with Gasteiger partial charge in [0.2, 0.25) is 0 Å². The van der Waals surface area contributed by atoms with Gasteiger partial charge < -0.3 is 14.9 Å². The number of hydrogen-bond donors (Lipinski definition) is 1. The molecule has 1 aliphatic heterocycles. The number of rotatable bonds is 1. The van der Waals surface area contributed by atoms with Crippen molar-refractivity contribution < 1.29 is 9.90 Å². The minimum absolute atomic E-state index is 0.775. The van der Waals surface area contributed by atoms with Gasteiger partial charge in [0.05, 0.1) is 6.08 Å². The zero-order valence-electron chi connectivity index (χ0n) is 6.74. The summed E-state index contributed by atoms with van der Waals surface area (Å²) in [6.45, 7) is 1.80. The summed E-state index contributed by atoms with van der Waals surface area (Å²) in [5.74, 6) is -0.113. The molecular weight excluding hydrogens is 144 g/mol. The number of carboxylic acids is 1. The molecule has 0 aromatic rings. The van der Waals surface area contributed by atoms with Gasteiger partial charge in [-0.25, -0.2) is 4.79 Å². The van der Waals surface area contributed by atoms with E-state index in [4.69, 9.17) is 5.11 Å². The molecule has 0 spiro atoms. The summed E-state index contributed by atoms with van der Waals surface area (Å²) in [4.78, 5) is 14.2. The lowest BCUT2D eigenvalue weighted by molar-refractivity contribution is -0.131. The molecule has 0 saturated carbocycles. The molecule has 4 nitrogen and oxygen atoms in total. The quantitative estimate of drug-likeness (QED) is 0.533. The molecule has 1 heterocycles. The monoisotopic (exact) mass is 156 g/mol. The van der Waals surface area contributed by atoms with Gasteiger partial charge in [0.25, 0.3) is 0 Å². The fourth-order valence-electron chi connectivity index (χ4n) is 1.15. The van der Waals surface area contributed by atoms with Crippen LogP contribution in [0.4, 0.5) is 0 Å². The molecule has 0 radical (unpaired) electrons. The van der Waals surface area contributed by atoms with Crippen LogP contribution in [0, 0.1) is 0 Å². The number of hydrogen-bond acceptors (Lipinski definition) is 3. The first-order valence-corrected chi connectivity index (χ1v) is 3.48. The van der Waals surface area contributed by atoms with Crippen LogP contribution in [0.15, 0.2) is 11.9 Å². The van der Waals surface area contributed by atoms with Gasteiger partial charge >= 0.3 is 5.97 Å². The number of aliphatic carboxylic acids is 1. The SMILES string of the molecule is CN1CCN(C)C1=CC(=O)O. The lowest BCUT2D eigenvalue weighted by Gasteiger charge is -2.16. The van der Waals surface area contributed by atoms with Crippen molar-refractivity contribution in [3.8, 4) is 0 Å². The van der Waals surface area contributed by atoms with E-state index < -0.39 is 5.97 Å². The van der Waals surface area contributed by atoms with E-state index in [0.29, 0.717) is 0 Å². The Bertz CT molecular complexity index is 189. The number of carbonyl (C=O) groups is 1. The molecule has 11 heavy (non-hydrogen) atoms. The van der Waals surface area contributed by atoms with Crippen LogP contribution in [0.2, 0.25) is 0 Å². The van der Waals surface area contributed by atoms with E-state index in [-0.39, 0.29) is 0 Å². The normalized spacial score (nSPS) is 17.5. The fourth-order valence-corrected chi connectivity index (χ4v) is 1.15. The topological polar surface area (TPSA) is 43.8 Å². The third kappa shape index (κ3) is 1.63. The largest absolute Gasteiger partial charge is 0.478 e. The number of nitrogens with zero attached hydrogens (tertiary/aromatic N) is 2.